The van der Waals surface area contributed by atoms with E-state index >= 15 is 0 Å². The molecule has 0 saturated carbocycles. The summed E-state index contributed by atoms with van der Waals surface area (Å²) >= 11 is 0. The summed E-state index contributed by atoms with van der Waals surface area (Å²) in [5, 5.41) is 27.8. The molecule has 0 aliphatic carbocycles. The quantitative estimate of drug-likeness (QED) is 0.210. The number of phenols is 2. The first-order chi connectivity index (χ1) is 17.5. The number of aromatic nitrogens is 1. The standard InChI is InChI=1S/C32H34N2O2/c1-21(2)27-20-22(3)19-24(31(27)35)16-18-33-17-15-23-9-8-14-30(32(23)36)34-28-12-6-4-10-25(28)26-11-5-7-13-29(26)34/h4-14,19-21,33,35-36H,15-18H2,1-3H3. The van der Waals surface area contributed by atoms with Crippen LogP contribution in [0.5, 0.6) is 11.5 Å². The van der Waals surface area contributed by atoms with Gasteiger partial charge < -0.3 is 20.1 Å². The van der Waals surface area contributed by atoms with Crippen LogP contribution in [0.25, 0.3) is 27.5 Å². The van der Waals surface area contributed by atoms with Crippen LogP contribution in [0, 0.1) is 6.92 Å². The van der Waals surface area contributed by atoms with Crippen LogP contribution in [-0.2, 0) is 12.8 Å². The van der Waals surface area contributed by atoms with Gasteiger partial charge in [-0.05, 0) is 73.7 Å². The van der Waals surface area contributed by atoms with Gasteiger partial charge in [0.1, 0.15) is 11.5 Å². The molecule has 36 heavy (non-hydrogen) atoms. The van der Waals surface area contributed by atoms with Crippen LogP contribution in [0.4, 0.5) is 0 Å². The smallest absolute Gasteiger partial charge is 0.142 e. The van der Waals surface area contributed by atoms with E-state index in [4.69, 9.17) is 0 Å². The van der Waals surface area contributed by atoms with Crippen molar-refractivity contribution in [2.75, 3.05) is 13.1 Å². The van der Waals surface area contributed by atoms with Crippen molar-refractivity contribution in [3.05, 3.63) is 101 Å². The van der Waals surface area contributed by atoms with Crippen molar-refractivity contribution in [3.8, 4) is 17.2 Å². The predicted octanol–water partition coefficient (Wildman–Crippen LogP) is 7.00. The third-order valence-electron chi connectivity index (χ3n) is 7.05. The monoisotopic (exact) mass is 478 g/mol. The molecular weight excluding hydrogens is 444 g/mol. The van der Waals surface area contributed by atoms with E-state index in [0.29, 0.717) is 23.8 Å². The van der Waals surface area contributed by atoms with Gasteiger partial charge in [-0.3, -0.25) is 0 Å². The second-order valence-corrected chi connectivity index (χ2v) is 9.92. The first-order valence-corrected chi connectivity index (χ1v) is 12.8. The molecule has 4 heteroatoms. The molecule has 5 rings (SSSR count). The minimum absolute atomic E-state index is 0.293. The highest BCUT2D eigenvalue weighted by Gasteiger charge is 2.16. The molecule has 0 bridgehead atoms. The third-order valence-corrected chi connectivity index (χ3v) is 7.05. The lowest BCUT2D eigenvalue weighted by molar-refractivity contribution is 0.456. The van der Waals surface area contributed by atoms with E-state index in [9.17, 15) is 10.2 Å². The van der Waals surface area contributed by atoms with E-state index in [1.165, 1.54) is 16.3 Å². The molecule has 3 N–H and O–H groups in total. The first-order valence-electron chi connectivity index (χ1n) is 12.8. The topological polar surface area (TPSA) is 57.4 Å². The average molecular weight is 479 g/mol. The molecule has 1 aromatic heterocycles. The van der Waals surface area contributed by atoms with Crippen molar-refractivity contribution in [3.63, 3.8) is 0 Å². The molecule has 0 saturated heterocycles. The van der Waals surface area contributed by atoms with Gasteiger partial charge >= 0.3 is 0 Å². The Hall–Kier alpha value is -3.76. The molecular formula is C32H34N2O2. The van der Waals surface area contributed by atoms with Gasteiger partial charge in [0, 0.05) is 10.8 Å². The molecule has 0 unspecified atom stereocenters. The second kappa shape index (κ2) is 10.1. The van der Waals surface area contributed by atoms with Gasteiger partial charge in [-0.15, -0.1) is 0 Å². The number of phenolic OH excluding ortho intramolecular Hbond substituents is 2. The third kappa shape index (κ3) is 4.45. The van der Waals surface area contributed by atoms with Crippen molar-refractivity contribution in [2.24, 2.45) is 0 Å². The normalized spacial score (nSPS) is 11.7. The Labute approximate surface area is 212 Å². The zero-order valence-electron chi connectivity index (χ0n) is 21.3. The first kappa shape index (κ1) is 24.0. The fraction of sp³-hybridized carbons (Fsp3) is 0.250. The number of aryl methyl sites for hydroxylation is 1. The molecule has 0 spiro atoms. The predicted molar refractivity (Wildman–Crippen MR) is 150 cm³/mol. The van der Waals surface area contributed by atoms with Crippen LogP contribution in [0.1, 0.15) is 42.0 Å². The lowest BCUT2D eigenvalue weighted by Crippen LogP contribution is -2.20. The highest BCUT2D eigenvalue weighted by Crippen LogP contribution is 2.36. The van der Waals surface area contributed by atoms with Gasteiger partial charge in [-0.25, -0.2) is 0 Å². The lowest BCUT2D eigenvalue weighted by atomic mass is 9.95. The number of nitrogens with zero attached hydrogens (tertiary/aromatic N) is 1. The fourth-order valence-corrected chi connectivity index (χ4v) is 5.23. The molecule has 184 valence electrons. The van der Waals surface area contributed by atoms with Gasteiger partial charge in [0.15, 0.2) is 0 Å². The number of nitrogens with one attached hydrogen (secondary N) is 1. The van der Waals surface area contributed by atoms with Gasteiger partial charge in [-0.1, -0.05) is 80.1 Å². The number of benzene rings is 4. The number of hydrogen-bond acceptors (Lipinski definition) is 3. The van der Waals surface area contributed by atoms with Crippen LogP contribution < -0.4 is 5.32 Å². The summed E-state index contributed by atoms with van der Waals surface area (Å²) < 4.78 is 2.16. The molecule has 0 fully saturated rings. The molecule has 0 atom stereocenters. The summed E-state index contributed by atoms with van der Waals surface area (Å²) in [7, 11) is 0. The van der Waals surface area contributed by atoms with Crippen LogP contribution in [-0.4, -0.2) is 27.9 Å². The van der Waals surface area contributed by atoms with E-state index in [1.807, 2.05) is 30.3 Å². The number of hydrogen-bond donors (Lipinski definition) is 3. The van der Waals surface area contributed by atoms with Crippen LogP contribution in [0.15, 0.2) is 78.9 Å². The molecule has 1 heterocycles. The maximum atomic E-state index is 11.3. The number of fused-ring (bicyclic) bond motifs is 3. The van der Waals surface area contributed by atoms with Gasteiger partial charge in [-0.2, -0.15) is 0 Å². The second-order valence-electron chi connectivity index (χ2n) is 9.92. The largest absolute Gasteiger partial charge is 0.507 e. The minimum Gasteiger partial charge on any atom is -0.507 e. The Kier molecular flexibility index (Phi) is 6.71. The Balaban J connectivity index is 1.32. The highest BCUT2D eigenvalue weighted by atomic mass is 16.3. The zero-order valence-corrected chi connectivity index (χ0v) is 21.3. The van der Waals surface area contributed by atoms with Crippen LogP contribution in [0.2, 0.25) is 0 Å². The van der Waals surface area contributed by atoms with E-state index in [1.54, 1.807) is 0 Å². The van der Waals surface area contributed by atoms with Crippen LogP contribution in [0.3, 0.4) is 0 Å². The maximum Gasteiger partial charge on any atom is 0.142 e. The number of rotatable bonds is 8. The van der Waals surface area contributed by atoms with E-state index < -0.39 is 0 Å². The Morgan fingerprint density at radius 2 is 1.33 bits per heavy atom. The summed E-state index contributed by atoms with van der Waals surface area (Å²) in [6, 6.07) is 26.8. The van der Waals surface area contributed by atoms with Crippen LogP contribution >= 0.6 is 0 Å². The molecule has 0 radical (unpaired) electrons. The summed E-state index contributed by atoms with van der Waals surface area (Å²) in [6.45, 7) is 7.80. The molecule has 4 nitrogen and oxygen atoms in total. The van der Waals surface area contributed by atoms with Crippen molar-refractivity contribution in [1.82, 2.24) is 9.88 Å². The van der Waals surface area contributed by atoms with Crippen molar-refractivity contribution < 1.29 is 10.2 Å². The summed E-state index contributed by atoms with van der Waals surface area (Å²) in [6.07, 6.45) is 1.48. The Morgan fingerprint density at radius 3 is 1.97 bits per heavy atom. The van der Waals surface area contributed by atoms with E-state index in [0.717, 1.165) is 52.9 Å². The lowest BCUT2D eigenvalue weighted by Gasteiger charge is -2.15. The van der Waals surface area contributed by atoms with Gasteiger partial charge in [0.25, 0.3) is 0 Å². The minimum atomic E-state index is 0.293. The summed E-state index contributed by atoms with van der Waals surface area (Å²) in [5.74, 6) is 1.04. The molecule has 0 amide bonds. The molecule has 4 aromatic carbocycles. The average Bonchev–Trinajstić information content (AvgIpc) is 3.21. The molecule has 0 aliphatic rings. The highest BCUT2D eigenvalue weighted by molar-refractivity contribution is 6.09. The summed E-state index contributed by atoms with van der Waals surface area (Å²) in [5.41, 5.74) is 7.07. The van der Waals surface area contributed by atoms with Crippen molar-refractivity contribution in [2.45, 2.75) is 39.5 Å². The van der Waals surface area contributed by atoms with E-state index in [2.05, 4.69) is 79.2 Å². The van der Waals surface area contributed by atoms with Gasteiger partial charge in [0.05, 0.1) is 16.7 Å². The SMILES string of the molecule is Cc1cc(CCNCCc2cccc(-n3c4ccccc4c4ccccc43)c2O)c(O)c(C(C)C)c1. The Morgan fingerprint density at radius 1 is 0.722 bits per heavy atom. The summed E-state index contributed by atoms with van der Waals surface area (Å²) in [4.78, 5) is 0. The number of aromatic hydroxyl groups is 2. The van der Waals surface area contributed by atoms with Gasteiger partial charge in [0.2, 0.25) is 0 Å². The van der Waals surface area contributed by atoms with Crippen molar-refractivity contribution >= 4 is 21.8 Å². The molecule has 0 aliphatic heterocycles. The Bertz CT molecular complexity index is 1480. The molecule has 5 aromatic rings. The zero-order chi connectivity index (χ0) is 25.2. The maximum absolute atomic E-state index is 11.3. The van der Waals surface area contributed by atoms with E-state index in [-0.39, 0.29) is 0 Å². The van der Waals surface area contributed by atoms with Crippen molar-refractivity contribution in [1.29, 1.82) is 0 Å². The number of para-hydroxylation sites is 3. The fourth-order valence-electron chi connectivity index (χ4n) is 5.23.